The van der Waals surface area contributed by atoms with Crippen molar-refractivity contribution in [3.8, 4) is 11.5 Å². The number of nitrogens with zero attached hydrogens (tertiary/aromatic N) is 1. The Morgan fingerprint density at radius 1 is 1.19 bits per heavy atom. The molecule has 0 spiro atoms. The van der Waals surface area contributed by atoms with Crippen molar-refractivity contribution in [2.45, 2.75) is 19.9 Å². The molecule has 0 saturated carbocycles. The Morgan fingerprint density at radius 2 is 2.14 bits per heavy atom. The molecule has 1 aliphatic rings. The molecule has 0 fully saturated rings. The van der Waals surface area contributed by atoms with Crippen LogP contribution in [-0.2, 0) is 13.0 Å². The highest BCUT2D eigenvalue weighted by Crippen LogP contribution is 2.32. The number of hydrogen-bond donors (Lipinski definition) is 2. The third-order valence-electron chi connectivity index (χ3n) is 4.02. The highest BCUT2D eigenvalue weighted by Gasteiger charge is 2.12. The molecule has 0 saturated heterocycles. The summed E-state index contributed by atoms with van der Waals surface area (Å²) in [4.78, 5) is 7.50. The van der Waals surface area contributed by atoms with E-state index in [-0.39, 0.29) is 0 Å². The van der Waals surface area contributed by atoms with Gasteiger partial charge in [0.2, 0.25) is 0 Å². The Bertz CT molecular complexity index is 807. The smallest absolute Gasteiger partial charge is 0.141 e. The van der Waals surface area contributed by atoms with Crippen LogP contribution in [0.4, 0.5) is 0 Å². The maximum absolute atomic E-state index is 6.12. The van der Waals surface area contributed by atoms with Crippen molar-refractivity contribution in [2.75, 3.05) is 6.54 Å². The lowest BCUT2D eigenvalue weighted by Crippen LogP contribution is -2.23. The molecule has 4 heteroatoms. The van der Waals surface area contributed by atoms with E-state index in [0.717, 1.165) is 47.6 Å². The average molecular weight is 279 g/mol. The first kappa shape index (κ1) is 12.4. The number of benzene rings is 1. The van der Waals surface area contributed by atoms with Gasteiger partial charge in [-0.25, -0.2) is 4.98 Å². The second kappa shape index (κ2) is 4.90. The molecule has 0 bridgehead atoms. The fraction of sp³-hybridized carbons (Fsp3) is 0.235. The van der Waals surface area contributed by atoms with Crippen molar-refractivity contribution in [2.24, 2.45) is 0 Å². The van der Waals surface area contributed by atoms with Crippen molar-refractivity contribution < 1.29 is 4.74 Å². The number of hydrogen-bond acceptors (Lipinski definition) is 3. The zero-order valence-electron chi connectivity index (χ0n) is 11.9. The SMILES string of the molecule is Cc1c[nH]c2nccc(Oc3ccc4c(c3)CCNC4)c12. The molecule has 1 aromatic carbocycles. The third kappa shape index (κ3) is 2.17. The molecule has 0 unspecified atom stereocenters. The summed E-state index contributed by atoms with van der Waals surface area (Å²) in [7, 11) is 0. The lowest BCUT2D eigenvalue weighted by atomic mass is 10.0. The van der Waals surface area contributed by atoms with Gasteiger partial charge in [-0.1, -0.05) is 6.07 Å². The number of aromatic amines is 1. The molecule has 21 heavy (non-hydrogen) atoms. The average Bonchev–Trinajstić information content (AvgIpc) is 2.90. The van der Waals surface area contributed by atoms with Crippen molar-refractivity contribution in [3.05, 3.63) is 53.3 Å². The van der Waals surface area contributed by atoms with Gasteiger partial charge in [-0.3, -0.25) is 0 Å². The molecular weight excluding hydrogens is 262 g/mol. The van der Waals surface area contributed by atoms with Gasteiger partial charge in [-0.15, -0.1) is 0 Å². The molecule has 106 valence electrons. The minimum atomic E-state index is 0.854. The lowest BCUT2D eigenvalue weighted by Gasteiger charge is -2.18. The predicted molar refractivity (Wildman–Crippen MR) is 82.8 cm³/mol. The van der Waals surface area contributed by atoms with E-state index in [1.165, 1.54) is 11.1 Å². The summed E-state index contributed by atoms with van der Waals surface area (Å²) in [5.41, 5.74) is 4.76. The van der Waals surface area contributed by atoms with Crippen LogP contribution in [0.15, 0.2) is 36.7 Å². The molecule has 3 heterocycles. The molecule has 0 atom stereocenters. The van der Waals surface area contributed by atoms with E-state index >= 15 is 0 Å². The molecule has 4 nitrogen and oxygen atoms in total. The minimum absolute atomic E-state index is 0.854. The van der Waals surface area contributed by atoms with Gasteiger partial charge in [0.1, 0.15) is 17.1 Å². The maximum atomic E-state index is 6.12. The highest BCUT2D eigenvalue weighted by molar-refractivity contribution is 5.86. The van der Waals surface area contributed by atoms with E-state index < -0.39 is 0 Å². The molecule has 0 aliphatic carbocycles. The zero-order chi connectivity index (χ0) is 14.2. The van der Waals surface area contributed by atoms with Gasteiger partial charge >= 0.3 is 0 Å². The fourth-order valence-electron chi connectivity index (χ4n) is 2.91. The van der Waals surface area contributed by atoms with Crippen molar-refractivity contribution >= 4 is 11.0 Å². The Hall–Kier alpha value is -2.33. The molecule has 2 N–H and O–H groups in total. The number of H-pyrrole nitrogens is 1. The number of ether oxygens (including phenoxy) is 1. The summed E-state index contributed by atoms with van der Waals surface area (Å²) in [6, 6.07) is 8.27. The zero-order valence-corrected chi connectivity index (χ0v) is 11.9. The minimum Gasteiger partial charge on any atom is -0.457 e. The van der Waals surface area contributed by atoms with Crippen LogP contribution in [0.5, 0.6) is 11.5 Å². The van der Waals surface area contributed by atoms with E-state index in [1.54, 1.807) is 6.20 Å². The molecule has 2 aromatic heterocycles. The first-order chi connectivity index (χ1) is 10.3. The molecule has 1 aliphatic heterocycles. The van der Waals surface area contributed by atoms with Gasteiger partial charge in [0.05, 0.1) is 5.39 Å². The van der Waals surface area contributed by atoms with Crippen LogP contribution >= 0.6 is 0 Å². The maximum Gasteiger partial charge on any atom is 0.141 e. The number of aromatic nitrogens is 2. The first-order valence-corrected chi connectivity index (χ1v) is 7.24. The summed E-state index contributed by atoms with van der Waals surface area (Å²) < 4.78 is 6.12. The van der Waals surface area contributed by atoms with Gasteiger partial charge in [0.15, 0.2) is 0 Å². The number of aryl methyl sites for hydroxylation is 1. The largest absolute Gasteiger partial charge is 0.457 e. The molecule has 4 rings (SSSR count). The van der Waals surface area contributed by atoms with Gasteiger partial charge in [0, 0.05) is 18.9 Å². The Balaban J connectivity index is 1.73. The Kier molecular flexibility index (Phi) is 2.89. The second-order valence-corrected chi connectivity index (χ2v) is 5.46. The first-order valence-electron chi connectivity index (χ1n) is 7.24. The van der Waals surface area contributed by atoms with Crippen molar-refractivity contribution in [3.63, 3.8) is 0 Å². The summed E-state index contributed by atoms with van der Waals surface area (Å²) >= 11 is 0. The molecule has 0 radical (unpaired) electrons. The van der Waals surface area contributed by atoms with E-state index in [4.69, 9.17) is 4.74 Å². The summed E-state index contributed by atoms with van der Waals surface area (Å²) in [5, 5.41) is 4.44. The standard InChI is InChI=1S/C17H17N3O/c1-11-9-20-17-16(11)15(5-7-19-17)21-14-3-2-13-10-18-6-4-12(13)8-14/h2-3,5,7-9,18H,4,6,10H2,1H3,(H,19,20). The van der Waals surface area contributed by atoms with E-state index in [0.29, 0.717) is 0 Å². The van der Waals surface area contributed by atoms with E-state index in [2.05, 4.69) is 34.3 Å². The highest BCUT2D eigenvalue weighted by atomic mass is 16.5. The van der Waals surface area contributed by atoms with Crippen LogP contribution in [0.2, 0.25) is 0 Å². The quantitative estimate of drug-likeness (QED) is 0.756. The Morgan fingerprint density at radius 3 is 3.10 bits per heavy atom. The normalized spacial score (nSPS) is 14.1. The number of nitrogens with one attached hydrogen (secondary N) is 2. The summed E-state index contributed by atoms with van der Waals surface area (Å²) in [6.07, 6.45) is 4.79. The number of pyridine rings is 1. The van der Waals surface area contributed by atoms with Crippen molar-refractivity contribution in [1.29, 1.82) is 0 Å². The Labute approximate surface area is 123 Å². The lowest BCUT2D eigenvalue weighted by molar-refractivity contribution is 0.485. The van der Waals surface area contributed by atoms with E-state index in [1.807, 2.05) is 18.3 Å². The molecule has 0 amide bonds. The van der Waals surface area contributed by atoms with Crippen LogP contribution in [0, 0.1) is 6.92 Å². The van der Waals surface area contributed by atoms with Crippen LogP contribution in [0.1, 0.15) is 16.7 Å². The molecule has 3 aromatic rings. The fourth-order valence-corrected chi connectivity index (χ4v) is 2.91. The van der Waals surface area contributed by atoms with Gasteiger partial charge in [0.25, 0.3) is 0 Å². The van der Waals surface area contributed by atoms with Crippen LogP contribution in [-0.4, -0.2) is 16.5 Å². The predicted octanol–water partition coefficient (Wildman–Crippen LogP) is 3.31. The van der Waals surface area contributed by atoms with Gasteiger partial charge < -0.3 is 15.0 Å². The van der Waals surface area contributed by atoms with Crippen molar-refractivity contribution in [1.82, 2.24) is 15.3 Å². The van der Waals surface area contributed by atoms with Crippen LogP contribution < -0.4 is 10.1 Å². The summed E-state index contributed by atoms with van der Waals surface area (Å²) in [5.74, 6) is 1.75. The topological polar surface area (TPSA) is 49.9 Å². The van der Waals surface area contributed by atoms with Gasteiger partial charge in [-0.2, -0.15) is 0 Å². The van der Waals surface area contributed by atoms with E-state index in [9.17, 15) is 0 Å². The van der Waals surface area contributed by atoms with Crippen LogP contribution in [0.3, 0.4) is 0 Å². The summed E-state index contributed by atoms with van der Waals surface area (Å²) in [6.45, 7) is 4.05. The number of fused-ring (bicyclic) bond motifs is 2. The third-order valence-corrected chi connectivity index (χ3v) is 4.02. The second-order valence-electron chi connectivity index (χ2n) is 5.46. The van der Waals surface area contributed by atoms with Crippen LogP contribution in [0.25, 0.3) is 11.0 Å². The van der Waals surface area contributed by atoms with Gasteiger partial charge in [-0.05, 0) is 54.8 Å². The monoisotopic (exact) mass is 279 g/mol. The molecular formula is C17H17N3O. The number of rotatable bonds is 2.